The van der Waals surface area contributed by atoms with Gasteiger partial charge in [-0.3, -0.25) is 0 Å². The first kappa shape index (κ1) is 12.5. The van der Waals surface area contributed by atoms with Crippen LogP contribution in [-0.2, 0) is 0 Å². The van der Waals surface area contributed by atoms with E-state index in [9.17, 15) is 0 Å². The Labute approximate surface area is 96.8 Å². The number of hydrogen-bond acceptors (Lipinski definition) is 3. The topological polar surface area (TPSA) is 59.0 Å². The Kier molecular flexibility index (Phi) is 5.38. The van der Waals surface area contributed by atoms with Crippen LogP contribution in [0.3, 0.4) is 0 Å². The highest BCUT2D eigenvalue weighted by molar-refractivity contribution is 5.28. The lowest BCUT2D eigenvalue weighted by atomic mass is 10.1. The monoisotopic (exact) mass is 218 g/mol. The van der Waals surface area contributed by atoms with Gasteiger partial charge in [-0.25, -0.2) is 0 Å². The molecule has 0 saturated carbocycles. The molecule has 1 rings (SSSR count). The van der Waals surface area contributed by atoms with Crippen LogP contribution >= 0.6 is 0 Å². The van der Waals surface area contributed by atoms with Gasteiger partial charge in [-0.1, -0.05) is 12.1 Å². The van der Waals surface area contributed by atoms with Crippen LogP contribution in [0.5, 0.6) is 5.75 Å². The summed E-state index contributed by atoms with van der Waals surface area (Å²) >= 11 is 0. The van der Waals surface area contributed by atoms with Crippen LogP contribution < -0.4 is 10.5 Å². The third-order valence-corrected chi connectivity index (χ3v) is 2.36. The fourth-order valence-electron chi connectivity index (χ4n) is 1.36. The van der Waals surface area contributed by atoms with Crippen molar-refractivity contribution in [2.45, 2.75) is 32.2 Å². The second-order valence-corrected chi connectivity index (χ2v) is 3.82. The fraction of sp³-hybridized carbons (Fsp3) is 0.462. The molecule has 1 atom stereocenters. The summed E-state index contributed by atoms with van der Waals surface area (Å²) in [6, 6.07) is 10.0. The van der Waals surface area contributed by atoms with Crippen LogP contribution in [0.4, 0.5) is 0 Å². The molecule has 2 N–H and O–H groups in total. The van der Waals surface area contributed by atoms with Crippen LogP contribution in [0, 0.1) is 11.3 Å². The van der Waals surface area contributed by atoms with Gasteiger partial charge in [0, 0.05) is 12.5 Å². The number of unbranched alkanes of at least 4 members (excludes halogenated alkanes) is 2. The first-order valence-electron chi connectivity index (χ1n) is 5.59. The minimum absolute atomic E-state index is 0.0599. The lowest BCUT2D eigenvalue weighted by molar-refractivity contribution is 0.307. The van der Waals surface area contributed by atoms with Gasteiger partial charge in [0.15, 0.2) is 0 Å². The van der Waals surface area contributed by atoms with Gasteiger partial charge >= 0.3 is 0 Å². The molecule has 86 valence electrons. The van der Waals surface area contributed by atoms with E-state index in [2.05, 4.69) is 6.07 Å². The fourth-order valence-corrected chi connectivity index (χ4v) is 1.36. The van der Waals surface area contributed by atoms with Crippen molar-refractivity contribution in [3.05, 3.63) is 29.8 Å². The van der Waals surface area contributed by atoms with Crippen LogP contribution in [0.1, 0.15) is 37.8 Å². The van der Waals surface area contributed by atoms with Crippen molar-refractivity contribution in [3.63, 3.8) is 0 Å². The van der Waals surface area contributed by atoms with Crippen LogP contribution in [-0.4, -0.2) is 6.61 Å². The zero-order valence-corrected chi connectivity index (χ0v) is 9.65. The number of nitrogens with two attached hydrogens (primary N) is 1. The van der Waals surface area contributed by atoms with Crippen molar-refractivity contribution in [3.8, 4) is 11.8 Å². The summed E-state index contributed by atoms with van der Waals surface area (Å²) in [7, 11) is 0. The maximum absolute atomic E-state index is 8.36. The quantitative estimate of drug-likeness (QED) is 0.747. The molecule has 0 aromatic heterocycles. The molecule has 0 aliphatic heterocycles. The summed E-state index contributed by atoms with van der Waals surface area (Å²) in [4.78, 5) is 0. The highest BCUT2D eigenvalue weighted by atomic mass is 16.5. The Morgan fingerprint density at radius 2 is 2.00 bits per heavy atom. The van der Waals surface area contributed by atoms with Crippen molar-refractivity contribution < 1.29 is 4.74 Å². The molecular weight excluding hydrogens is 200 g/mol. The van der Waals surface area contributed by atoms with Crippen molar-refractivity contribution in [1.82, 2.24) is 0 Å². The van der Waals surface area contributed by atoms with Gasteiger partial charge in [0.2, 0.25) is 0 Å². The maximum atomic E-state index is 8.36. The van der Waals surface area contributed by atoms with Crippen molar-refractivity contribution in [1.29, 1.82) is 5.26 Å². The van der Waals surface area contributed by atoms with Gasteiger partial charge in [-0.15, -0.1) is 0 Å². The Morgan fingerprint density at radius 3 is 2.56 bits per heavy atom. The van der Waals surface area contributed by atoms with Gasteiger partial charge in [0.25, 0.3) is 0 Å². The molecule has 0 radical (unpaired) electrons. The number of rotatable bonds is 6. The minimum atomic E-state index is 0.0599. The lowest BCUT2D eigenvalue weighted by Gasteiger charge is -2.08. The Morgan fingerprint density at radius 1 is 1.31 bits per heavy atom. The lowest BCUT2D eigenvalue weighted by Crippen LogP contribution is -2.04. The van der Waals surface area contributed by atoms with Gasteiger partial charge in [0.05, 0.1) is 12.7 Å². The normalized spacial score (nSPS) is 11.8. The van der Waals surface area contributed by atoms with Gasteiger partial charge in [-0.05, 0) is 37.5 Å². The molecule has 0 saturated heterocycles. The Bertz CT molecular complexity index is 338. The summed E-state index contributed by atoms with van der Waals surface area (Å²) in [5, 5.41) is 8.36. The molecule has 1 aromatic rings. The standard InChI is InChI=1S/C13H18N2O/c1-11(15)12-5-7-13(8-6-12)16-10-4-2-3-9-14/h5-8,11H,2-4,10,15H2,1H3/t11-/m0/s1. The molecule has 0 fully saturated rings. The predicted octanol–water partition coefficient (Wildman–Crippen LogP) is 2.78. The SMILES string of the molecule is C[C@H](N)c1ccc(OCCCCC#N)cc1. The predicted molar refractivity (Wildman–Crippen MR) is 64.0 cm³/mol. The van der Waals surface area contributed by atoms with Crippen molar-refractivity contribution in [2.24, 2.45) is 5.73 Å². The molecule has 1 aromatic carbocycles. The smallest absolute Gasteiger partial charge is 0.119 e. The van der Waals surface area contributed by atoms with E-state index in [1.165, 1.54) is 0 Å². The van der Waals surface area contributed by atoms with E-state index in [-0.39, 0.29) is 6.04 Å². The summed E-state index contributed by atoms with van der Waals surface area (Å²) in [6.07, 6.45) is 2.42. The van der Waals surface area contributed by atoms with E-state index >= 15 is 0 Å². The number of nitriles is 1. The summed E-state index contributed by atoms with van der Waals surface area (Å²) < 4.78 is 5.54. The van der Waals surface area contributed by atoms with Crippen LogP contribution in [0.15, 0.2) is 24.3 Å². The number of ether oxygens (including phenoxy) is 1. The van der Waals surface area contributed by atoms with E-state index in [4.69, 9.17) is 15.7 Å². The highest BCUT2D eigenvalue weighted by Gasteiger charge is 1.99. The molecule has 0 aliphatic carbocycles. The summed E-state index contributed by atoms with van der Waals surface area (Å²) in [5.74, 6) is 0.862. The number of hydrogen-bond donors (Lipinski definition) is 1. The largest absolute Gasteiger partial charge is 0.494 e. The third-order valence-electron chi connectivity index (χ3n) is 2.36. The highest BCUT2D eigenvalue weighted by Crippen LogP contribution is 2.16. The first-order valence-corrected chi connectivity index (χ1v) is 5.59. The molecule has 0 aliphatic rings. The molecule has 3 heteroatoms. The summed E-state index contributed by atoms with van der Waals surface area (Å²) in [5.41, 5.74) is 6.86. The van der Waals surface area contributed by atoms with E-state index < -0.39 is 0 Å². The van der Waals surface area contributed by atoms with Crippen molar-refractivity contribution >= 4 is 0 Å². The minimum Gasteiger partial charge on any atom is -0.494 e. The average Bonchev–Trinajstić information content (AvgIpc) is 2.29. The van der Waals surface area contributed by atoms with E-state index in [1.54, 1.807) is 0 Å². The Hall–Kier alpha value is -1.53. The molecule has 0 unspecified atom stereocenters. The molecule has 16 heavy (non-hydrogen) atoms. The zero-order valence-electron chi connectivity index (χ0n) is 9.65. The van der Waals surface area contributed by atoms with E-state index in [0.29, 0.717) is 13.0 Å². The van der Waals surface area contributed by atoms with E-state index in [1.807, 2.05) is 31.2 Å². The van der Waals surface area contributed by atoms with Gasteiger partial charge in [-0.2, -0.15) is 5.26 Å². The maximum Gasteiger partial charge on any atom is 0.119 e. The molecule has 0 bridgehead atoms. The van der Waals surface area contributed by atoms with E-state index in [0.717, 1.165) is 24.2 Å². The van der Waals surface area contributed by atoms with Gasteiger partial charge in [0.1, 0.15) is 5.75 Å². The molecule has 3 nitrogen and oxygen atoms in total. The third kappa shape index (κ3) is 4.33. The van der Waals surface area contributed by atoms with Crippen LogP contribution in [0.2, 0.25) is 0 Å². The molecule has 0 amide bonds. The zero-order chi connectivity index (χ0) is 11.8. The second-order valence-electron chi connectivity index (χ2n) is 3.82. The molecular formula is C13H18N2O. The number of nitrogens with zero attached hydrogens (tertiary/aromatic N) is 1. The van der Waals surface area contributed by atoms with Gasteiger partial charge < -0.3 is 10.5 Å². The molecule has 0 spiro atoms. The molecule has 0 heterocycles. The average molecular weight is 218 g/mol. The van der Waals surface area contributed by atoms with Crippen LogP contribution in [0.25, 0.3) is 0 Å². The second kappa shape index (κ2) is 6.86. The van der Waals surface area contributed by atoms with Crippen molar-refractivity contribution in [2.75, 3.05) is 6.61 Å². The first-order chi connectivity index (χ1) is 7.74. The number of benzene rings is 1. The summed E-state index contributed by atoms with van der Waals surface area (Å²) in [6.45, 7) is 2.62. The Balaban J connectivity index is 2.30.